The van der Waals surface area contributed by atoms with Gasteiger partial charge in [-0.1, -0.05) is 0 Å². The van der Waals surface area contributed by atoms with E-state index in [-0.39, 0.29) is 24.3 Å². The van der Waals surface area contributed by atoms with Crippen molar-refractivity contribution in [3.8, 4) is 0 Å². The molecule has 10 heteroatoms. The molecule has 140 valence electrons. The fraction of sp³-hybridized carbons (Fsp3) is 0.294. The minimum atomic E-state index is -2.76. The molecule has 1 fully saturated rings. The monoisotopic (exact) mass is 376 g/mol. The summed E-state index contributed by atoms with van der Waals surface area (Å²) in [4.78, 5) is 22.1. The van der Waals surface area contributed by atoms with Crippen molar-refractivity contribution in [2.45, 2.75) is 19.3 Å². The second-order valence-electron chi connectivity index (χ2n) is 6.38. The van der Waals surface area contributed by atoms with Gasteiger partial charge in [0.2, 0.25) is 0 Å². The second-order valence-corrected chi connectivity index (χ2v) is 6.38. The first kappa shape index (κ1) is 17.3. The molecule has 1 aliphatic rings. The highest BCUT2D eigenvalue weighted by Crippen LogP contribution is 2.30. The highest BCUT2D eigenvalue weighted by atomic mass is 19.3. The summed E-state index contributed by atoms with van der Waals surface area (Å²) in [6.07, 6.45) is 2.09. The van der Waals surface area contributed by atoms with E-state index in [1.807, 2.05) is 0 Å². The molecule has 0 aromatic carbocycles. The van der Waals surface area contributed by atoms with Crippen molar-refractivity contribution < 1.29 is 18.0 Å². The molecule has 1 amide bonds. The lowest BCUT2D eigenvalue weighted by molar-refractivity contribution is 0.0256. The molecule has 1 aliphatic heterocycles. The van der Waals surface area contributed by atoms with Crippen LogP contribution in [-0.4, -0.2) is 44.5 Å². The normalized spacial score (nSPS) is 16.1. The smallest absolute Gasteiger partial charge is 0.276 e. The summed E-state index contributed by atoms with van der Waals surface area (Å²) in [5, 5.41) is 6.86. The van der Waals surface area contributed by atoms with Crippen LogP contribution in [0.25, 0.3) is 5.65 Å². The number of aromatic nitrogens is 4. The van der Waals surface area contributed by atoms with Gasteiger partial charge in [0.15, 0.2) is 11.3 Å². The van der Waals surface area contributed by atoms with E-state index in [1.165, 1.54) is 15.6 Å². The second kappa shape index (κ2) is 6.22. The highest BCUT2D eigenvalue weighted by Gasteiger charge is 2.39. The highest BCUT2D eigenvalue weighted by molar-refractivity contribution is 6.04. The average molecular weight is 376 g/mol. The molecular formula is C17H15F3N6O. The third-order valence-electron chi connectivity index (χ3n) is 4.31. The Labute approximate surface area is 151 Å². The van der Waals surface area contributed by atoms with E-state index in [9.17, 15) is 18.0 Å². The number of pyridine rings is 1. The number of aryl methyl sites for hydroxylation is 1. The van der Waals surface area contributed by atoms with Crippen molar-refractivity contribution in [3.63, 3.8) is 0 Å². The van der Waals surface area contributed by atoms with Gasteiger partial charge in [0.05, 0.1) is 30.3 Å². The molecule has 0 unspecified atom stereocenters. The Balaban J connectivity index is 1.68. The van der Waals surface area contributed by atoms with Gasteiger partial charge in [-0.15, -0.1) is 5.10 Å². The number of fused-ring (bicyclic) bond motifs is 1. The number of hydrogen-bond acceptors (Lipinski definition) is 5. The number of carbonyl (C=O) groups is 1. The van der Waals surface area contributed by atoms with Crippen LogP contribution in [0, 0.1) is 12.7 Å². The summed E-state index contributed by atoms with van der Waals surface area (Å²) in [6.45, 7) is 1.39. The number of imidazole rings is 1. The molecule has 27 heavy (non-hydrogen) atoms. The maximum Gasteiger partial charge on any atom is 0.276 e. The zero-order chi connectivity index (χ0) is 19.2. The van der Waals surface area contributed by atoms with Crippen molar-refractivity contribution >= 4 is 23.1 Å². The van der Waals surface area contributed by atoms with Gasteiger partial charge in [-0.05, 0) is 19.1 Å². The Morgan fingerprint density at radius 2 is 2.11 bits per heavy atom. The van der Waals surface area contributed by atoms with Gasteiger partial charge < -0.3 is 10.2 Å². The van der Waals surface area contributed by atoms with Gasteiger partial charge in [0.1, 0.15) is 11.6 Å². The summed E-state index contributed by atoms with van der Waals surface area (Å²) in [5.74, 6) is -3.56. The first-order valence-corrected chi connectivity index (χ1v) is 8.23. The third kappa shape index (κ3) is 3.29. The Morgan fingerprint density at radius 3 is 2.81 bits per heavy atom. The average Bonchev–Trinajstić information content (AvgIpc) is 3.12. The molecule has 3 aromatic heterocycles. The molecule has 7 nitrogen and oxygen atoms in total. The van der Waals surface area contributed by atoms with Crippen LogP contribution in [0.5, 0.6) is 0 Å². The standard InChI is InChI=1S/C17H15F3N6O/c1-10-15(16(27)23-12-6-11(18)7-21-8-12)26-13(22-10)2-3-14(24-26)25-5-4-17(19,20)9-25/h2-3,6-8H,4-5,9H2,1H3,(H,23,27). The van der Waals surface area contributed by atoms with Crippen molar-refractivity contribution in [2.24, 2.45) is 0 Å². The minimum absolute atomic E-state index is 0.141. The first-order valence-electron chi connectivity index (χ1n) is 8.23. The molecule has 0 saturated carbocycles. The van der Waals surface area contributed by atoms with Crippen LogP contribution < -0.4 is 10.2 Å². The van der Waals surface area contributed by atoms with Crippen LogP contribution in [0.4, 0.5) is 24.7 Å². The van der Waals surface area contributed by atoms with Gasteiger partial charge in [0, 0.05) is 19.0 Å². The van der Waals surface area contributed by atoms with E-state index in [0.29, 0.717) is 17.2 Å². The van der Waals surface area contributed by atoms with E-state index in [1.54, 1.807) is 19.1 Å². The summed E-state index contributed by atoms with van der Waals surface area (Å²) in [7, 11) is 0. The van der Waals surface area contributed by atoms with Gasteiger partial charge in [0.25, 0.3) is 11.8 Å². The molecule has 4 rings (SSSR count). The predicted molar refractivity (Wildman–Crippen MR) is 91.6 cm³/mol. The molecule has 1 saturated heterocycles. The van der Waals surface area contributed by atoms with Crippen LogP contribution in [0.2, 0.25) is 0 Å². The van der Waals surface area contributed by atoms with Gasteiger partial charge in [-0.2, -0.15) is 0 Å². The van der Waals surface area contributed by atoms with E-state index in [0.717, 1.165) is 12.3 Å². The maximum absolute atomic E-state index is 13.5. The summed E-state index contributed by atoms with van der Waals surface area (Å²) in [6, 6.07) is 4.35. The predicted octanol–water partition coefficient (Wildman–Crippen LogP) is 2.67. The maximum atomic E-state index is 13.5. The van der Waals surface area contributed by atoms with E-state index < -0.39 is 24.2 Å². The number of carbonyl (C=O) groups excluding carboxylic acids is 1. The van der Waals surface area contributed by atoms with Crippen LogP contribution >= 0.6 is 0 Å². The lowest BCUT2D eigenvalue weighted by Gasteiger charge is -2.17. The molecule has 4 heterocycles. The van der Waals surface area contributed by atoms with Crippen molar-refractivity contribution in [1.82, 2.24) is 19.6 Å². The fourth-order valence-corrected chi connectivity index (χ4v) is 3.06. The zero-order valence-electron chi connectivity index (χ0n) is 14.3. The number of alkyl halides is 2. The van der Waals surface area contributed by atoms with Gasteiger partial charge in [-0.25, -0.2) is 22.7 Å². The number of hydrogen-bond donors (Lipinski definition) is 1. The molecule has 0 radical (unpaired) electrons. The van der Waals surface area contributed by atoms with Gasteiger partial charge in [-0.3, -0.25) is 9.78 Å². The fourth-order valence-electron chi connectivity index (χ4n) is 3.06. The van der Waals surface area contributed by atoms with Crippen molar-refractivity contribution in [1.29, 1.82) is 0 Å². The summed E-state index contributed by atoms with van der Waals surface area (Å²) >= 11 is 0. The minimum Gasteiger partial charge on any atom is -0.349 e. The van der Waals surface area contributed by atoms with Crippen LogP contribution in [0.1, 0.15) is 22.6 Å². The molecule has 0 atom stereocenters. The molecular weight excluding hydrogens is 361 g/mol. The molecule has 1 N–H and O–H groups in total. The summed E-state index contributed by atoms with van der Waals surface area (Å²) < 4.78 is 41.6. The number of nitrogens with zero attached hydrogens (tertiary/aromatic N) is 5. The molecule has 0 aliphatic carbocycles. The molecule has 3 aromatic rings. The van der Waals surface area contributed by atoms with E-state index >= 15 is 0 Å². The Morgan fingerprint density at radius 1 is 1.30 bits per heavy atom. The quantitative estimate of drug-likeness (QED) is 0.761. The third-order valence-corrected chi connectivity index (χ3v) is 4.31. The van der Waals surface area contributed by atoms with Crippen LogP contribution in [0.15, 0.2) is 30.6 Å². The summed E-state index contributed by atoms with van der Waals surface area (Å²) in [5.41, 5.74) is 1.14. The number of halogens is 3. The SMILES string of the molecule is Cc1nc2ccc(N3CCC(F)(F)C3)nn2c1C(=O)Nc1cncc(F)c1. The lowest BCUT2D eigenvalue weighted by atomic mass is 10.3. The first-order chi connectivity index (χ1) is 12.8. The van der Waals surface area contributed by atoms with Crippen molar-refractivity contribution in [2.75, 3.05) is 23.3 Å². The van der Waals surface area contributed by atoms with Crippen LogP contribution in [0.3, 0.4) is 0 Å². The number of nitrogens with one attached hydrogen (secondary N) is 1. The van der Waals surface area contributed by atoms with Crippen molar-refractivity contribution in [3.05, 3.63) is 47.8 Å². The van der Waals surface area contributed by atoms with Gasteiger partial charge >= 0.3 is 0 Å². The number of amides is 1. The lowest BCUT2D eigenvalue weighted by Crippen LogP contribution is -2.26. The van der Waals surface area contributed by atoms with Crippen LogP contribution in [-0.2, 0) is 0 Å². The number of rotatable bonds is 3. The molecule has 0 spiro atoms. The Bertz CT molecular complexity index is 1030. The molecule has 0 bridgehead atoms. The van der Waals surface area contributed by atoms with E-state index in [4.69, 9.17) is 0 Å². The topological polar surface area (TPSA) is 75.4 Å². The van der Waals surface area contributed by atoms with E-state index in [2.05, 4.69) is 20.4 Å². The Kier molecular flexibility index (Phi) is 3.97. The number of anilines is 2. The Hall–Kier alpha value is -3.17. The zero-order valence-corrected chi connectivity index (χ0v) is 14.3. The largest absolute Gasteiger partial charge is 0.349 e.